The van der Waals surface area contributed by atoms with Gasteiger partial charge < -0.3 is 14.5 Å². The van der Waals surface area contributed by atoms with Crippen molar-refractivity contribution in [2.75, 3.05) is 6.54 Å². The van der Waals surface area contributed by atoms with Gasteiger partial charge in [-0.1, -0.05) is 30.3 Å². The Kier molecular flexibility index (Phi) is 5.26. The van der Waals surface area contributed by atoms with Crippen molar-refractivity contribution >= 4 is 33.6 Å². The molecule has 0 saturated heterocycles. The van der Waals surface area contributed by atoms with Crippen LogP contribution in [0.1, 0.15) is 15.9 Å². The molecular weight excluding hydrogens is 389 g/mol. The van der Waals surface area contributed by atoms with Gasteiger partial charge in [-0.2, -0.15) is 0 Å². The first-order chi connectivity index (χ1) is 14.5. The first kappa shape index (κ1) is 19.3. The Bertz CT molecular complexity index is 1310. The Hall–Kier alpha value is -4.00. The van der Waals surface area contributed by atoms with E-state index in [1.807, 2.05) is 30.3 Å². The summed E-state index contributed by atoms with van der Waals surface area (Å²) in [6.45, 7) is -0.516. The van der Waals surface area contributed by atoms with Gasteiger partial charge in [-0.25, -0.2) is 9.18 Å². The molecule has 1 N–H and O–H groups in total. The second-order valence-electron chi connectivity index (χ2n) is 6.60. The molecule has 4 aromatic rings. The van der Waals surface area contributed by atoms with Gasteiger partial charge in [0.25, 0.3) is 5.91 Å². The van der Waals surface area contributed by atoms with Crippen LogP contribution in [-0.4, -0.2) is 18.4 Å². The highest BCUT2D eigenvalue weighted by Crippen LogP contribution is 2.27. The van der Waals surface area contributed by atoms with Gasteiger partial charge in [0, 0.05) is 22.6 Å². The molecule has 0 aliphatic rings. The molecule has 0 aliphatic carbocycles. The van der Waals surface area contributed by atoms with Crippen LogP contribution in [0, 0.1) is 5.82 Å². The molecule has 0 bridgehead atoms. The summed E-state index contributed by atoms with van der Waals surface area (Å²) in [4.78, 5) is 36.0. The molecule has 3 aromatic carbocycles. The Labute approximate surface area is 169 Å². The van der Waals surface area contributed by atoms with Crippen LogP contribution in [0.4, 0.5) is 4.39 Å². The molecule has 0 radical (unpaired) electrons. The molecule has 0 spiro atoms. The largest absolute Gasteiger partial charge is 0.459 e. The lowest BCUT2D eigenvalue weighted by molar-refractivity contribution is -0.143. The highest BCUT2D eigenvalue weighted by Gasteiger charge is 2.13. The minimum atomic E-state index is -0.674. The summed E-state index contributed by atoms with van der Waals surface area (Å²) in [6, 6.07) is 17.4. The van der Waals surface area contributed by atoms with Gasteiger partial charge in [0.05, 0.1) is 0 Å². The van der Waals surface area contributed by atoms with Crippen molar-refractivity contribution in [1.29, 1.82) is 0 Å². The quantitative estimate of drug-likeness (QED) is 0.312. The van der Waals surface area contributed by atoms with E-state index in [0.717, 1.165) is 22.9 Å². The molecule has 1 aromatic heterocycles. The maximum Gasteiger partial charge on any atom is 0.336 e. The molecule has 0 fully saturated rings. The number of carbonyl (C=O) groups excluding carboxylic acids is 2. The first-order valence-electron chi connectivity index (χ1n) is 9.15. The van der Waals surface area contributed by atoms with Crippen LogP contribution < -0.4 is 10.9 Å². The number of esters is 1. The fourth-order valence-corrected chi connectivity index (χ4v) is 3.20. The standard InChI is InChI=1S/C23H16FNO5/c24-17-8-5-15(6-9-17)23(28)25-12-21(27)29-13-16-11-20(26)30-19-10-7-14-3-1-2-4-18(14)22(16)19/h1-11H,12-13H2,(H,25,28). The number of amides is 1. The van der Waals surface area contributed by atoms with E-state index < -0.39 is 23.3 Å². The molecule has 1 heterocycles. The van der Waals surface area contributed by atoms with Crippen LogP contribution >= 0.6 is 0 Å². The van der Waals surface area contributed by atoms with E-state index in [2.05, 4.69) is 5.32 Å². The second-order valence-corrected chi connectivity index (χ2v) is 6.60. The SMILES string of the molecule is O=C(CNC(=O)c1ccc(F)cc1)OCc1cc(=O)oc2ccc3ccccc3c12. The predicted octanol–water partition coefficient (Wildman–Crippen LogP) is 3.56. The number of hydrogen-bond acceptors (Lipinski definition) is 5. The van der Waals surface area contributed by atoms with Gasteiger partial charge in [-0.3, -0.25) is 9.59 Å². The zero-order valence-electron chi connectivity index (χ0n) is 15.7. The van der Waals surface area contributed by atoms with Gasteiger partial charge >= 0.3 is 11.6 Å². The lowest BCUT2D eigenvalue weighted by Gasteiger charge is -2.10. The van der Waals surface area contributed by atoms with E-state index >= 15 is 0 Å². The fourth-order valence-electron chi connectivity index (χ4n) is 3.20. The summed E-state index contributed by atoms with van der Waals surface area (Å²) in [5.74, 6) is -1.66. The third-order valence-electron chi connectivity index (χ3n) is 4.60. The third-order valence-corrected chi connectivity index (χ3v) is 4.60. The molecule has 1 amide bonds. The highest BCUT2D eigenvalue weighted by atomic mass is 19.1. The third kappa shape index (κ3) is 4.05. The zero-order chi connectivity index (χ0) is 21.1. The Morgan fingerprint density at radius 1 is 1.00 bits per heavy atom. The normalized spacial score (nSPS) is 10.8. The number of benzene rings is 3. The number of fused-ring (bicyclic) bond motifs is 3. The maximum atomic E-state index is 12.9. The van der Waals surface area contributed by atoms with Gasteiger partial charge in [-0.15, -0.1) is 0 Å². The van der Waals surface area contributed by atoms with E-state index in [1.165, 1.54) is 18.2 Å². The van der Waals surface area contributed by atoms with Gasteiger partial charge in [0.15, 0.2) is 0 Å². The number of halogens is 1. The lowest BCUT2D eigenvalue weighted by atomic mass is 10.0. The molecule has 4 rings (SSSR count). The molecule has 0 saturated carbocycles. The molecule has 6 nitrogen and oxygen atoms in total. The molecule has 150 valence electrons. The molecule has 0 aliphatic heterocycles. The van der Waals surface area contributed by atoms with Crippen molar-refractivity contribution < 1.29 is 23.1 Å². The Morgan fingerprint density at radius 3 is 2.57 bits per heavy atom. The summed E-state index contributed by atoms with van der Waals surface area (Å²) in [6.07, 6.45) is 0. The van der Waals surface area contributed by atoms with Crippen LogP contribution in [0.5, 0.6) is 0 Å². The first-order valence-corrected chi connectivity index (χ1v) is 9.15. The Morgan fingerprint density at radius 2 is 1.77 bits per heavy atom. The number of hydrogen-bond donors (Lipinski definition) is 1. The fraction of sp³-hybridized carbons (Fsp3) is 0.0870. The predicted molar refractivity (Wildman–Crippen MR) is 109 cm³/mol. The minimum absolute atomic E-state index is 0.151. The summed E-state index contributed by atoms with van der Waals surface area (Å²) >= 11 is 0. The van der Waals surface area contributed by atoms with E-state index in [-0.39, 0.29) is 18.7 Å². The van der Waals surface area contributed by atoms with Crippen LogP contribution in [0.25, 0.3) is 21.7 Å². The van der Waals surface area contributed by atoms with E-state index in [0.29, 0.717) is 16.5 Å². The maximum absolute atomic E-state index is 12.9. The monoisotopic (exact) mass is 405 g/mol. The van der Waals surface area contributed by atoms with Crippen LogP contribution in [0.2, 0.25) is 0 Å². The number of carbonyl (C=O) groups is 2. The van der Waals surface area contributed by atoms with Crippen molar-refractivity contribution in [1.82, 2.24) is 5.32 Å². The average Bonchev–Trinajstić information content (AvgIpc) is 2.75. The number of ether oxygens (including phenoxy) is 1. The van der Waals surface area contributed by atoms with Gasteiger partial charge in [-0.05, 0) is 41.1 Å². The van der Waals surface area contributed by atoms with Crippen molar-refractivity contribution in [3.63, 3.8) is 0 Å². The lowest BCUT2D eigenvalue weighted by Crippen LogP contribution is -2.30. The summed E-state index contributed by atoms with van der Waals surface area (Å²) in [7, 11) is 0. The number of nitrogens with one attached hydrogen (secondary N) is 1. The van der Waals surface area contributed by atoms with E-state index in [1.54, 1.807) is 6.07 Å². The summed E-state index contributed by atoms with van der Waals surface area (Å²) < 4.78 is 23.5. The minimum Gasteiger partial charge on any atom is -0.459 e. The molecule has 0 atom stereocenters. The number of rotatable bonds is 5. The van der Waals surface area contributed by atoms with Crippen molar-refractivity contribution in [3.8, 4) is 0 Å². The molecule has 30 heavy (non-hydrogen) atoms. The zero-order valence-corrected chi connectivity index (χ0v) is 15.7. The van der Waals surface area contributed by atoms with E-state index in [4.69, 9.17) is 9.15 Å². The smallest absolute Gasteiger partial charge is 0.336 e. The summed E-state index contributed by atoms with van der Waals surface area (Å²) in [5, 5.41) is 4.93. The van der Waals surface area contributed by atoms with Crippen LogP contribution in [-0.2, 0) is 16.1 Å². The topological polar surface area (TPSA) is 85.6 Å². The molecule has 7 heteroatoms. The summed E-state index contributed by atoms with van der Waals surface area (Å²) in [5.41, 5.74) is 0.587. The van der Waals surface area contributed by atoms with Gasteiger partial charge in [0.2, 0.25) is 0 Å². The van der Waals surface area contributed by atoms with Crippen LogP contribution in [0.15, 0.2) is 75.9 Å². The highest BCUT2D eigenvalue weighted by molar-refractivity contribution is 6.07. The molecular formula is C23H16FNO5. The van der Waals surface area contributed by atoms with Crippen LogP contribution in [0.3, 0.4) is 0 Å². The Balaban J connectivity index is 1.48. The van der Waals surface area contributed by atoms with Crippen molar-refractivity contribution in [2.45, 2.75) is 6.61 Å². The van der Waals surface area contributed by atoms with Crippen molar-refractivity contribution in [3.05, 3.63) is 94.1 Å². The second kappa shape index (κ2) is 8.16. The average molecular weight is 405 g/mol. The van der Waals surface area contributed by atoms with Crippen molar-refractivity contribution in [2.24, 2.45) is 0 Å². The van der Waals surface area contributed by atoms with E-state index in [9.17, 15) is 18.8 Å². The molecule has 0 unspecified atom stereocenters. The van der Waals surface area contributed by atoms with Gasteiger partial charge in [0.1, 0.15) is 24.6 Å².